The van der Waals surface area contributed by atoms with Crippen molar-refractivity contribution in [3.63, 3.8) is 0 Å². The van der Waals surface area contributed by atoms with Crippen molar-refractivity contribution < 1.29 is 19.0 Å². The number of alkyl halides is 1. The molecule has 0 saturated carbocycles. The lowest BCUT2D eigenvalue weighted by molar-refractivity contribution is -0.154. The third-order valence-electron chi connectivity index (χ3n) is 2.73. The van der Waals surface area contributed by atoms with Gasteiger partial charge in [0.2, 0.25) is 0 Å². The van der Waals surface area contributed by atoms with Gasteiger partial charge in [0, 0.05) is 18.9 Å². The molecule has 0 aliphatic heterocycles. The van der Waals surface area contributed by atoms with Crippen LogP contribution in [-0.4, -0.2) is 37.7 Å². The molecule has 0 bridgehead atoms. The molecule has 112 valence electrons. The summed E-state index contributed by atoms with van der Waals surface area (Å²) in [4.78, 5) is 11.6. The number of carbonyl (C=O) groups excluding carboxylic acids is 1. The normalized spacial score (nSPS) is 11.9. The number of ether oxygens (including phenoxy) is 3. The summed E-state index contributed by atoms with van der Waals surface area (Å²) in [5.41, 5.74) is 1.01. The van der Waals surface area contributed by atoms with Gasteiger partial charge in [-0.25, -0.2) is 4.79 Å². The summed E-state index contributed by atoms with van der Waals surface area (Å²) in [6, 6.07) is 7.69. The smallest absolute Gasteiger partial charge is 0.335 e. The zero-order valence-electron chi connectivity index (χ0n) is 11.9. The Morgan fingerprint density at radius 3 is 2.55 bits per heavy atom. The van der Waals surface area contributed by atoms with Gasteiger partial charge in [-0.05, 0) is 31.0 Å². The van der Waals surface area contributed by atoms with Gasteiger partial charge in [0.1, 0.15) is 5.75 Å². The summed E-state index contributed by atoms with van der Waals surface area (Å²) < 4.78 is 15.7. The van der Waals surface area contributed by atoms with E-state index in [4.69, 9.17) is 14.2 Å². The van der Waals surface area contributed by atoms with Crippen LogP contribution in [0.15, 0.2) is 24.3 Å². The summed E-state index contributed by atoms with van der Waals surface area (Å²) >= 11 is 3.36. The zero-order chi connectivity index (χ0) is 14.8. The van der Waals surface area contributed by atoms with E-state index in [0.717, 1.165) is 23.1 Å². The monoisotopic (exact) mass is 344 g/mol. The third-order valence-corrected chi connectivity index (χ3v) is 3.29. The van der Waals surface area contributed by atoms with Crippen molar-refractivity contribution >= 4 is 21.9 Å². The molecule has 0 spiro atoms. The van der Waals surface area contributed by atoms with E-state index >= 15 is 0 Å². The number of esters is 1. The highest BCUT2D eigenvalue weighted by Crippen LogP contribution is 2.15. The number of hydrogen-bond acceptors (Lipinski definition) is 4. The lowest BCUT2D eigenvalue weighted by Crippen LogP contribution is -2.27. The fourth-order valence-electron chi connectivity index (χ4n) is 1.68. The Bertz CT molecular complexity index is 391. The van der Waals surface area contributed by atoms with E-state index in [-0.39, 0.29) is 5.97 Å². The van der Waals surface area contributed by atoms with Gasteiger partial charge in [-0.1, -0.05) is 28.1 Å². The van der Waals surface area contributed by atoms with Gasteiger partial charge in [-0.3, -0.25) is 0 Å². The second kappa shape index (κ2) is 9.77. The van der Waals surface area contributed by atoms with Crippen molar-refractivity contribution in [2.45, 2.75) is 25.9 Å². The average Bonchev–Trinajstić information content (AvgIpc) is 2.46. The molecule has 0 aromatic heterocycles. The SMILES string of the molecule is CCOC(=O)C(Cc1ccc(OCCCBr)cc1)OC. The van der Waals surface area contributed by atoms with E-state index < -0.39 is 6.10 Å². The predicted octanol–water partition coefficient (Wildman–Crippen LogP) is 2.97. The van der Waals surface area contributed by atoms with E-state index in [2.05, 4.69) is 15.9 Å². The number of hydrogen-bond donors (Lipinski definition) is 0. The highest BCUT2D eigenvalue weighted by Gasteiger charge is 2.19. The fourth-order valence-corrected chi connectivity index (χ4v) is 1.91. The first-order valence-electron chi connectivity index (χ1n) is 6.68. The first-order chi connectivity index (χ1) is 9.71. The van der Waals surface area contributed by atoms with Crippen LogP contribution in [0.1, 0.15) is 18.9 Å². The highest BCUT2D eigenvalue weighted by molar-refractivity contribution is 9.09. The molecule has 1 aromatic carbocycles. The third kappa shape index (κ3) is 5.92. The second-order valence-corrected chi connectivity index (χ2v) is 5.01. The molecule has 0 fully saturated rings. The van der Waals surface area contributed by atoms with Crippen molar-refractivity contribution in [2.75, 3.05) is 25.7 Å². The van der Waals surface area contributed by atoms with Gasteiger partial charge in [0.15, 0.2) is 6.10 Å². The molecule has 0 aliphatic rings. The van der Waals surface area contributed by atoms with Gasteiger partial charge in [0.05, 0.1) is 13.2 Å². The lowest BCUT2D eigenvalue weighted by Gasteiger charge is -2.14. The van der Waals surface area contributed by atoms with Gasteiger partial charge < -0.3 is 14.2 Å². The standard InChI is InChI=1S/C15H21BrO4/c1-3-19-15(17)14(18-2)11-12-5-7-13(8-6-12)20-10-4-9-16/h5-8,14H,3-4,9-11H2,1-2H3. The Morgan fingerprint density at radius 1 is 1.30 bits per heavy atom. The zero-order valence-corrected chi connectivity index (χ0v) is 13.5. The Morgan fingerprint density at radius 2 is 2.00 bits per heavy atom. The molecule has 1 rings (SSSR count). The van der Waals surface area contributed by atoms with Crippen LogP contribution in [0.5, 0.6) is 5.75 Å². The van der Waals surface area contributed by atoms with Crippen molar-refractivity contribution in [3.05, 3.63) is 29.8 Å². The van der Waals surface area contributed by atoms with Gasteiger partial charge in [0.25, 0.3) is 0 Å². The minimum atomic E-state index is -0.560. The summed E-state index contributed by atoms with van der Waals surface area (Å²) in [6.45, 7) is 2.83. The molecule has 0 amide bonds. The second-order valence-electron chi connectivity index (χ2n) is 4.22. The highest BCUT2D eigenvalue weighted by atomic mass is 79.9. The maximum absolute atomic E-state index is 11.6. The largest absolute Gasteiger partial charge is 0.494 e. The minimum Gasteiger partial charge on any atom is -0.494 e. The molecule has 20 heavy (non-hydrogen) atoms. The number of halogens is 1. The summed E-state index contributed by atoms with van der Waals surface area (Å²) in [6.07, 6.45) is 0.906. The van der Waals surface area contributed by atoms with Gasteiger partial charge in [-0.15, -0.1) is 0 Å². The topological polar surface area (TPSA) is 44.8 Å². The molecule has 1 unspecified atom stereocenters. The van der Waals surface area contributed by atoms with Gasteiger partial charge in [-0.2, -0.15) is 0 Å². The fraction of sp³-hybridized carbons (Fsp3) is 0.533. The Kier molecular flexibility index (Phi) is 8.30. The van der Waals surface area contributed by atoms with Crippen molar-refractivity contribution in [1.82, 2.24) is 0 Å². The van der Waals surface area contributed by atoms with Crippen LogP contribution in [0.3, 0.4) is 0 Å². The van der Waals surface area contributed by atoms with Crippen molar-refractivity contribution in [2.24, 2.45) is 0 Å². The number of carbonyl (C=O) groups is 1. The Balaban J connectivity index is 2.52. The van der Waals surface area contributed by atoms with Crippen LogP contribution in [0, 0.1) is 0 Å². The predicted molar refractivity (Wildman–Crippen MR) is 81.5 cm³/mol. The van der Waals surface area contributed by atoms with Gasteiger partial charge >= 0.3 is 5.97 Å². The van der Waals surface area contributed by atoms with E-state index in [1.807, 2.05) is 24.3 Å². The quantitative estimate of drug-likeness (QED) is 0.392. The molecule has 0 aliphatic carbocycles. The number of benzene rings is 1. The number of methoxy groups -OCH3 is 1. The first-order valence-corrected chi connectivity index (χ1v) is 7.80. The summed E-state index contributed by atoms with van der Waals surface area (Å²) in [5, 5.41) is 0.931. The average molecular weight is 345 g/mol. The van der Waals surface area contributed by atoms with Crippen molar-refractivity contribution in [3.8, 4) is 5.75 Å². The molecule has 4 nitrogen and oxygen atoms in total. The Labute approximate surface area is 128 Å². The Hall–Kier alpha value is -1.07. The van der Waals surface area contributed by atoms with Crippen LogP contribution >= 0.6 is 15.9 Å². The summed E-state index contributed by atoms with van der Waals surface area (Å²) in [5.74, 6) is 0.507. The molecule has 5 heteroatoms. The molecule has 0 N–H and O–H groups in total. The molecular formula is C15H21BrO4. The van der Waals surface area contributed by atoms with E-state index in [1.165, 1.54) is 7.11 Å². The molecular weight excluding hydrogens is 324 g/mol. The van der Waals surface area contributed by atoms with E-state index in [0.29, 0.717) is 19.6 Å². The minimum absolute atomic E-state index is 0.326. The molecule has 1 atom stereocenters. The summed E-state index contributed by atoms with van der Waals surface area (Å²) in [7, 11) is 1.51. The first kappa shape index (κ1) is 17.0. The van der Waals surface area contributed by atoms with Crippen LogP contribution in [-0.2, 0) is 20.7 Å². The van der Waals surface area contributed by atoms with Crippen LogP contribution < -0.4 is 4.74 Å². The molecule has 0 radical (unpaired) electrons. The van der Waals surface area contributed by atoms with Crippen LogP contribution in [0.4, 0.5) is 0 Å². The molecule has 0 saturated heterocycles. The molecule has 1 aromatic rings. The molecule has 0 heterocycles. The maximum atomic E-state index is 11.6. The number of rotatable bonds is 9. The van der Waals surface area contributed by atoms with E-state index in [9.17, 15) is 4.79 Å². The van der Waals surface area contributed by atoms with Crippen molar-refractivity contribution in [1.29, 1.82) is 0 Å². The van der Waals surface area contributed by atoms with Crippen LogP contribution in [0.25, 0.3) is 0 Å². The van der Waals surface area contributed by atoms with Crippen LogP contribution in [0.2, 0.25) is 0 Å². The lowest BCUT2D eigenvalue weighted by atomic mass is 10.1. The maximum Gasteiger partial charge on any atom is 0.335 e. The van der Waals surface area contributed by atoms with E-state index in [1.54, 1.807) is 6.92 Å².